The Bertz CT molecular complexity index is 619. The summed E-state index contributed by atoms with van der Waals surface area (Å²) >= 11 is 0. The van der Waals surface area contributed by atoms with Gasteiger partial charge in [0.1, 0.15) is 12.4 Å². The van der Waals surface area contributed by atoms with Gasteiger partial charge in [0.05, 0.1) is 13.1 Å². The van der Waals surface area contributed by atoms with Gasteiger partial charge in [-0.3, -0.25) is 0 Å². The largest absolute Gasteiger partial charge is 0.256 e. The van der Waals surface area contributed by atoms with Crippen molar-refractivity contribution in [3.05, 3.63) is 18.2 Å². The molecule has 0 unspecified atom stereocenters. The number of hydrogen-bond donors (Lipinski definition) is 0. The van der Waals surface area contributed by atoms with Crippen LogP contribution in [-0.4, -0.2) is 4.57 Å². The molecule has 0 aromatic carbocycles. The molecule has 2 nitrogen and oxygen atoms in total. The third kappa shape index (κ3) is 21.9. The van der Waals surface area contributed by atoms with Crippen LogP contribution < -0.4 is 4.57 Å². The summed E-state index contributed by atoms with van der Waals surface area (Å²) < 4.78 is 5.25. The van der Waals surface area contributed by atoms with E-state index in [0.29, 0.717) is 0 Å². The van der Waals surface area contributed by atoms with Crippen LogP contribution in [0.5, 0.6) is 0 Å². The normalized spacial score (nSPS) is 11.6. The molecule has 0 atom stereocenters. The van der Waals surface area contributed by atoms with E-state index in [0.717, 1.165) is 0 Å². The lowest BCUT2D eigenvalue weighted by molar-refractivity contribution is -0.704. The molecule has 1 aromatic rings. The quantitative estimate of drug-likeness (QED) is 0.0613. The minimum Gasteiger partial charge on any atom is -0.234 e. The highest BCUT2D eigenvalue weighted by Crippen LogP contribution is 2.15. The second-order valence-corrected chi connectivity index (χ2v) is 13.0. The van der Waals surface area contributed by atoms with Gasteiger partial charge in [0.25, 0.3) is 5.82 Å². The van der Waals surface area contributed by atoms with Gasteiger partial charge in [-0.15, -0.1) is 0 Å². The molecule has 0 aliphatic rings. The molecule has 236 valence electrons. The van der Waals surface area contributed by atoms with Crippen LogP contribution in [0.15, 0.2) is 12.4 Å². The molecule has 1 rings (SSSR count). The van der Waals surface area contributed by atoms with E-state index >= 15 is 0 Å². The number of unbranched alkanes of at least 4 members (excludes halogenated alkanes) is 26. The average Bonchev–Trinajstić information content (AvgIpc) is 3.35. The molecule has 0 spiro atoms. The van der Waals surface area contributed by atoms with E-state index in [1.807, 2.05) is 0 Å². The number of nitrogens with zero attached hydrogens (tertiary/aromatic N) is 2. The van der Waals surface area contributed by atoms with Gasteiger partial charge in [0.15, 0.2) is 0 Å². The molecule has 0 amide bonds. The van der Waals surface area contributed by atoms with Crippen LogP contribution in [0.2, 0.25) is 0 Å². The molecule has 0 saturated carbocycles. The smallest absolute Gasteiger partial charge is 0.234 e. The Balaban J connectivity index is 2.28. The molecule has 40 heavy (non-hydrogen) atoms. The zero-order valence-electron chi connectivity index (χ0n) is 28.2. The third-order valence-electron chi connectivity index (χ3n) is 9.10. The van der Waals surface area contributed by atoms with Crippen molar-refractivity contribution in [2.45, 2.75) is 226 Å². The number of aryl methyl sites for hydroxylation is 2. The summed E-state index contributed by atoms with van der Waals surface area (Å²) in [6.45, 7) is 9.40. The molecule has 1 heterocycles. The molecule has 2 heteroatoms. The van der Waals surface area contributed by atoms with Crippen molar-refractivity contribution >= 4 is 0 Å². The molecule has 0 bridgehead atoms. The Morgan fingerprint density at radius 2 is 0.775 bits per heavy atom. The minimum atomic E-state index is 1.23. The van der Waals surface area contributed by atoms with E-state index < -0.39 is 0 Å². The van der Waals surface area contributed by atoms with Crippen molar-refractivity contribution in [1.29, 1.82) is 0 Å². The van der Waals surface area contributed by atoms with Crippen LogP contribution in [0, 0.1) is 0 Å². The van der Waals surface area contributed by atoms with Gasteiger partial charge in [-0.25, -0.2) is 9.13 Å². The predicted octanol–water partition coefficient (Wildman–Crippen LogP) is 12.7. The fourth-order valence-corrected chi connectivity index (χ4v) is 6.33. The Morgan fingerprint density at radius 3 is 1.20 bits per heavy atom. The van der Waals surface area contributed by atoms with Crippen molar-refractivity contribution in [2.24, 2.45) is 0 Å². The van der Waals surface area contributed by atoms with Gasteiger partial charge in [-0.2, -0.15) is 0 Å². The predicted molar refractivity (Wildman–Crippen MR) is 179 cm³/mol. The van der Waals surface area contributed by atoms with E-state index in [1.165, 1.54) is 206 Å². The van der Waals surface area contributed by atoms with E-state index in [2.05, 4.69) is 42.3 Å². The van der Waals surface area contributed by atoms with Gasteiger partial charge >= 0.3 is 0 Å². The summed E-state index contributed by atoms with van der Waals surface area (Å²) in [5.74, 6) is 1.62. The fourth-order valence-electron chi connectivity index (χ4n) is 6.33. The highest BCUT2D eigenvalue weighted by atomic mass is 15.1. The van der Waals surface area contributed by atoms with Crippen LogP contribution in [0.4, 0.5) is 0 Å². The second-order valence-electron chi connectivity index (χ2n) is 13.0. The van der Waals surface area contributed by atoms with Crippen molar-refractivity contribution in [3.63, 3.8) is 0 Å². The Kier molecular flexibility index (Phi) is 27.6. The monoisotopic (exact) mass is 560 g/mol. The Labute approximate surface area is 253 Å². The molecule has 0 aliphatic carbocycles. The summed E-state index contributed by atoms with van der Waals surface area (Å²) in [4.78, 5) is 0. The van der Waals surface area contributed by atoms with Gasteiger partial charge in [0, 0.05) is 6.42 Å². The summed E-state index contributed by atoms with van der Waals surface area (Å²) in [6, 6.07) is 0. The van der Waals surface area contributed by atoms with Gasteiger partial charge < -0.3 is 0 Å². The zero-order chi connectivity index (χ0) is 28.8. The van der Waals surface area contributed by atoms with Crippen molar-refractivity contribution in [1.82, 2.24) is 4.57 Å². The van der Waals surface area contributed by atoms with E-state index in [-0.39, 0.29) is 0 Å². The number of rotatable bonds is 32. The maximum atomic E-state index is 2.63. The van der Waals surface area contributed by atoms with Crippen molar-refractivity contribution < 1.29 is 4.57 Å². The molecule has 0 fully saturated rings. The summed E-state index contributed by atoms with van der Waals surface area (Å²) in [5, 5.41) is 0. The maximum Gasteiger partial charge on any atom is 0.256 e. The topological polar surface area (TPSA) is 8.81 Å². The second kappa shape index (κ2) is 29.7. The first-order valence-electron chi connectivity index (χ1n) is 18.9. The third-order valence-corrected chi connectivity index (χ3v) is 9.10. The summed E-state index contributed by atoms with van der Waals surface area (Å²) in [5.41, 5.74) is 0. The highest BCUT2D eigenvalue weighted by molar-refractivity contribution is 4.84. The number of aromatic nitrogens is 2. The first kappa shape index (κ1) is 37.2. The van der Waals surface area contributed by atoms with Crippen LogP contribution in [-0.2, 0) is 19.5 Å². The van der Waals surface area contributed by atoms with Crippen LogP contribution in [0.1, 0.15) is 213 Å². The summed E-state index contributed by atoms with van der Waals surface area (Å²) in [7, 11) is 0. The number of hydrogen-bond acceptors (Lipinski definition) is 0. The van der Waals surface area contributed by atoms with Crippen molar-refractivity contribution in [2.75, 3.05) is 0 Å². The standard InChI is InChI=1S/C38H75N2/c1-4-7-10-13-16-18-19-20-21-23-26-29-32-35-40-37-36-39(34-31-28-25-15-12-9-6-3)38(40)33-30-27-24-22-17-14-11-8-5-2/h36-37H,4-35H2,1-3H3/q+1. The Morgan fingerprint density at radius 1 is 0.425 bits per heavy atom. The van der Waals surface area contributed by atoms with Gasteiger partial charge in [-0.05, 0) is 32.1 Å². The van der Waals surface area contributed by atoms with E-state index in [4.69, 9.17) is 0 Å². The molecule has 0 N–H and O–H groups in total. The molecule has 1 aromatic heterocycles. The molecule has 0 aliphatic heterocycles. The highest BCUT2D eigenvalue weighted by Gasteiger charge is 2.16. The van der Waals surface area contributed by atoms with Gasteiger partial charge in [0.2, 0.25) is 0 Å². The molecule has 0 saturated heterocycles. The van der Waals surface area contributed by atoms with Crippen LogP contribution in [0.25, 0.3) is 0 Å². The lowest BCUT2D eigenvalue weighted by Crippen LogP contribution is -2.37. The van der Waals surface area contributed by atoms with E-state index in [9.17, 15) is 0 Å². The molecule has 0 radical (unpaired) electrons. The lowest BCUT2D eigenvalue weighted by Gasteiger charge is -2.07. The van der Waals surface area contributed by atoms with E-state index in [1.54, 1.807) is 5.82 Å². The lowest BCUT2D eigenvalue weighted by atomic mass is 10.0. The summed E-state index contributed by atoms with van der Waals surface area (Å²) in [6.07, 6.45) is 47.4. The maximum absolute atomic E-state index is 2.63. The van der Waals surface area contributed by atoms with Crippen LogP contribution >= 0.6 is 0 Å². The fraction of sp³-hybridized carbons (Fsp3) is 0.921. The SMILES string of the molecule is CCCCCCCCCCCCCCCn1cc[n+](CCCCCCCCC)c1CCCCCCCCCCC. The van der Waals surface area contributed by atoms with Crippen LogP contribution in [0.3, 0.4) is 0 Å². The molecular weight excluding hydrogens is 484 g/mol. The zero-order valence-corrected chi connectivity index (χ0v) is 28.2. The van der Waals surface area contributed by atoms with Crippen molar-refractivity contribution in [3.8, 4) is 0 Å². The molecular formula is C38H75N2+. The van der Waals surface area contributed by atoms with Gasteiger partial charge in [-0.1, -0.05) is 175 Å². The minimum absolute atomic E-state index is 1.23. The first-order chi connectivity index (χ1) is 19.8. The first-order valence-corrected chi connectivity index (χ1v) is 18.9. The average molecular weight is 560 g/mol. The number of imidazole rings is 1. The Hall–Kier alpha value is -0.790.